The Morgan fingerprint density at radius 3 is 1.84 bits per heavy atom. The van der Waals surface area contributed by atoms with E-state index in [1.165, 1.54) is 0 Å². The smallest absolute Gasteiger partial charge is 0.176 e. The third kappa shape index (κ3) is 4.71. The average molecular weight is 274 g/mol. The molecule has 0 aliphatic carbocycles. The molecule has 0 bridgehead atoms. The van der Waals surface area contributed by atoms with Gasteiger partial charge in [-0.15, -0.1) is 0 Å². The zero-order chi connectivity index (χ0) is 15.1. The van der Waals surface area contributed by atoms with Gasteiger partial charge in [-0.3, -0.25) is 4.90 Å². The zero-order valence-electron chi connectivity index (χ0n) is 13.9. The fourth-order valence-corrected chi connectivity index (χ4v) is 2.85. The van der Waals surface area contributed by atoms with E-state index in [4.69, 9.17) is 15.2 Å². The SMILES string of the molecule is CCC(CC)N(CC(C)C)C(C)(CN)C(OC)OC. The Hall–Kier alpha value is -0.160. The van der Waals surface area contributed by atoms with Gasteiger partial charge in [-0.2, -0.15) is 0 Å². The van der Waals surface area contributed by atoms with E-state index in [1.54, 1.807) is 14.2 Å². The molecular formula is C15H34N2O2. The van der Waals surface area contributed by atoms with Crippen LogP contribution in [0.3, 0.4) is 0 Å². The lowest BCUT2D eigenvalue weighted by molar-refractivity contribution is -0.190. The summed E-state index contributed by atoms with van der Waals surface area (Å²) >= 11 is 0. The topological polar surface area (TPSA) is 47.7 Å². The van der Waals surface area contributed by atoms with Gasteiger partial charge in [0.25, 0.3) is 0 Å². The largest absolute Gasteiger partial charge is 0.354 e. The van der Waals surface area contributed by atoms with Crippen molar-refractivity contribution in [3.8, 4) is 0 Å². The van der Waals surface area contributed by atoms with Gasteiger partial charge in [-0.1, -0.05) is 27.7 Å². The number of nitrogens with two attached hydrogens (primary N) is 1. The third-order valence-corrected chi connectivity index (χ3v) is 3.95. The van der Waals surface area contributed by atoms with Crippen LogP contribution in [0.5, 0.6) is 0 Å². The van der Waals surface area contributed by atoms with Gasteiger partial charge in [0.15, 0.2) is 6.29 Å². The first kappa shape index (κ1) is 18.8. The Bertz CT molecular complexity index is 228. The zero-order valence-corrected chi connectivity index (χ0v) is 13.9. The van der Waals surface area contributed by atoms with E-state index in [0.29, 0.717) is 18.5 Å². The monoisotopic (exact) mass is 274 g/mol. The van der Waals surface area contributed by atoms with Gasteiger partial charge in [0, 0.05) is 33.4 Å². The molecule has 0 amide bonds. The van der Waals surface area contributed by atoms with Crippen LogP contribution in [0, 0.1) is 5.92 Å². The van der Waals surface area contributed by atoms with Crippen molar-refractivity contribution in [2.24, 2.45) is 11.7 Å². The molecule has 0 saturated heterocycles. The number of hydrogen-bond acceptors (Lipinski definition) is 4. The van der Waals surface area contributed by atoms with E-state index in [0.717, 1.165) is 19.4 Å². The molecule has 0 fully saturated rings. The van der Waals surface area contributed by atoms with Crippen LogP contribution >= 0.6 is 0 Å². The maximum Gasteiger partial charge on any atom is 0.176 e. The quantitative estimate of drug-likeness (QED) is 0.622. The molecule has 0 aromatic rings. The predicted molar refractivity (Wildman–Crippen MR) is 81.2 cm³/mol. The number of rotatable bonds is 10. The standard InChI is InChI=1S/C15H34N2O2/c1-8-13(9-2)17(10-12(3)4)15(5,11-16)14(18-6)19-7/h12-14H,8-11,16H2,1-7H3. The summed E-state index contributed by atoms with van der Waals surface area (Å²) in [5.74, 6) is 0.584. The number of methoxy groups -OCH3 is 2. The van der Waals surface area contributed by atoms with Crippen LogP contribution in [0.15, 0.2) is 0 Å². The van der Waals surface area contributed by atoms with E-state index in [-0.39, 0.29) is 11.8 Å². The van der Waals surface area contributed by atoms with E-state index < -0.39 is 0 Å². The van der Waals surface area contributed by atoms with Crippen LogP contribution in [-0.4, -0.2) is 50.1 Å². The Balaban J connectivity index is 5.36. The minimum absolute atomic E-state index is 0.301. The molecule has 2 N–H and O–H groups in total. The Morgan fingerprint density at radius 1 is 1.11 bits per heavy atom. The van der Waals surface area contributed by atoms with Gasteiger partial charge in [0.2, 0.25) is 0 Å². The lowest BCUT2D eigenvalue weighted by Gasteiger charge is -2.48. The van der Waals surface area contributed by atoms with Crippen LogP contribution in [0.25, 0.3) is 0 Å². The molecular weight excluding hydrogens is 240 g/mol. The van der Waals surface area contributed by atoms with Gasteiger partial charge in [0.1, 0.15) is 0 Å². The maximum atomic E-state index is 6.08. The molecule has 0 radical (unpaired) electrons. The van der Waals surface area contributed by atoms with Crippen LogP contribution in [0.4, 0.5) is 0 Å². The lowest BCUT2D eigenvalue weighted by atomic mass is 9.93. The predicted octanol–water partition coefficient (Wildman–Crippen LogP) is 2.47. The Kier molecular flexibility index (Phi) is 8.83. The van der Waals surface area contributed by atoms with E-state index >= 15 is 0 Å². The van der Waals surface area contributed by atoms with Crippen molar-refractivity contribution in [3.63, 3.8) is 0 Å². The molecule has 0 rings (SSSR count). The molecule has 0 heterocycles. The third-order valence-electron chi connectivity index (χ3n) is 3.95. The van der Waals surface area contributed by atoms with Crippen LogP contribution in [0.1, 0.15) is 47.5 Å². The molecule has 0 spiro atoms. The van der Waals surface area contributed by atoms with Crippen molar-refractivity contribution >= 4 is 0 Å². The molecule has 0 aliphatic heterocycles. The fourth-order valence-electron chi connectivity index (χ4n) is 2.85. The average Bonchev–Trinajstić information content (AvgIpc) is 2.39. The second-order valence-corrected chi connectivity index (χ2v) is 5.88. The lowest BCUT2D eigenvalue weighted by Crippen LogP contribution is -2.63. The van der Waals surface area contributed by atoms with Gasteiger partial charge in [0.05, 0.1) is 5.54 Å². The number of nitrogens with zero attached hydrogens (tertiary/aromatic N) is 1. The van der Waals surface area contributed by atoms with Gasteiger partial charge in [-0.25, -0.2) is 0 Å². The second kappa shape index (κ2) is 8.90. The van der Waals surface area contributed by atoms with Crippen molar-refractivity contribution in [1.29, 1.82) is 0 Å². The summed E-state index contributed by atoms with van der Waals surface area (Å²) in [6, 6.07) is 0.503. The van der Waals surface area contributed by atoms with E-state index in [9.17, 15) is 0 Å². The van der Waals surface area contributed by atoms with Crippen molar-refractivity contribution in [2.45, 2.75) is 65.3 Å². The highest BCUT2D eigenvalue weighted by Gasteiger charge is 2.42. The highest BCUT2D eigenvalue weighted by Crippen LogP contribution is 2.27. The first-order chi connectivity index (χ1) is 8.90. The summed E-state index contributed by atoms with van der Waals surface area (Å²) in [6.07, 6.45) is 1.91. The van der Waals surface area contributed by atoms with Crippen LogP contribution in [-0.2, 0) is 9.47 Å². The minimum Gasteiger partial charge on any atom is -0.354 e. The molecule has 116 valence electrons. The minimum atomic E-state index is -0.308. The molecule has 4 nitrogen and oxygen atoms in total. The molecule has 1 unspecified atom stereocenters. The number of hydrogen-bond donors (Lipinski definition) is 1. The Morgan fingerprint density at radius 2 is 1.58 bits per heavy atom. The first-order valence-corrected chi connectivity index (χ1v) is 7.43. The van der Waals surface area contributed by atoms with Crippen molar-refractivity contribution in [1.82, 2.24) is 4.90 Å². The van der Waals surface area contributed by atoms with Gasteiger partial charge >= 0.3 is 0 Å². The van der Waals surface area contributed by atoms with Crippen LogP contribution in [0.2, 0.25) is 0 Å². The summed E-state index contributed by atoms with van der Waals surface area (Å²) in [4.78, 5) is 2.48. The number of ether oxygens (including phenoxy) is 2. The molecule has 19 heavy (non-hydrogen) atoms. The summed E-state index contributed by atoms with van der Waals surface area (Å²) in [5, 5.41) is 0. The summed E-state index contributed by atoms with van der Waals surface area (Å²) in [6.45, 7) is 12.6. The van der Waals surface area contributed by atoms with Crippen molar-refractivity contribution in [2.75, 3.05) is 27.3 Å². The first-order valence-electron chi connectivity index (χ1n) is 7.43. The van der Waals surface area contributed by atoms with E-state index in [1.807, 2.05) is 0 Å². The van der Waals surface area contributed by atoms with Crippen molar-refractivity contribution < 1.29 is 9.47 Å². The normalized spacial score (nSPS) is 15.8. The van der Waals surface area contributed by atoms with Gasteiger partial charge in [-0.05, 0) is 25.7 Å². The molecule has 4 heteroatoms. The van der Waals surface area contributed by atoms with E-state index in [2.05, 4.69) is 39.5 Å². The molecule has 0 aromatic heterocycles. The summed E-state index contributed by atoms with van der Waals surface area (Å²) in [5.41, 5.74) is 5.78. The Labute approximate surface area is 119 Å². The molecule has 1 atom stereocenters. The van der Waals surface area contributed by atoms with Crippen LogP contribution < -0.4 is 5.73 Å². The summed E-state index contributed by atoms with van der Waals surface area (Å²) in [7, 11) is 3.37. The van der Waals surface area contributed by atoms with Gasteiger partial charge < -0.3 is 15.2 Å². The highest BCUT2D eigenvalue weighted by atomic mass is 16.7. The molecule has 0 saturated carbocycles. The molecule has 0 aromatic carbocycles. The maximum absolute atomic E-state index is 6.08. The second-order valence-electron chi connectivity index (χ2n) is 5.88. The fraction of sp³-hybridized carbons (Fsp3) is 1.00. The highest BCUT2D eigenvalue weighted by molar-refractivity contribution is 4.94. The van der Waals surface area contributed by atoms with Crippen molar-refractivity contribution in [3.05, 3.63) is 0 Å². The summed E-state index contributed by atoms with van der Waals surface area (Å²) < 4.78 is 11.0. The molecule has 0 aliphatic rings.